The van der Waals surface area contributed by atoms with Gasteiger partial charge in [0, 0.05) is 10.6 Å². The second kappa shape index (κ2) is 4.74. The van der Waals surface area contributed by atoms with Crippen LogP contribution in [0.25, 0.3) is 11.3 Å². The Bertz CT molecular complexity index is 585. The van der Waals surface area contributed by atoms with E-state index in [-0.39, 0.29) is 5.69 Å². The predicted octanol–water partition coefficient (Wildman–Crippen LogP) is 4.47. The number of halogens is 5. The van der Waals surface area contributed by atoms with Crippen LogP contribution in [0.5, 0.6) is 0 Å². The number of hydrogen-bond acceptors (Lipinski definition) is 2. The highest BCUT2D eigenvalue weighted by Crippen LogP contribution is 2.33. The van der Waals surface area contributed by atoms with E-state index in [2.05, 4.69) is 9.97 Å². The Labute approximate surface area is 110 Å². The first kappa shape index (κ1) is 13.1. The van der Waals surface area contributed by atoms with Crippen molar-refractivity contribution < 1.29 is 13.2 Å². The first-order valence-corrected chi connectivity index (χ1v) is 5.50. The molecule has 0 spiro atoms. The highest BCUT2D eigenvalue weighted by atomic mass is 35.5. The van der Waals surface area contributed by atoms with E-state index < -0.39 is 17.2 Å². The van der Waals surface area contributed by atoms with Crippen molar-refractivity contribution in [3.63, 3.8) is 0 Å². The summed E-state index contributed by atoms with van der Waals surface area (Å²) < 4.78 is 37.7. The third-order valence-corrected chi connectivity index (χ3v) is 2.64. The van der Waals surface area contributed by atoms with Crippen molar-refractivity contribution in [3.8, 4) is 11.3 Å². The smallest absolute Gasteiger partial charge is 0.218 e. The van der Waals surface area contributed by atoms with Gasteiger partial charge < -0.3 is 0 Å². The molecule has 2 rings (SSSR count). The van der Waals surface area contributed by atoms with Gasteiger partial charge in [-0.1, -0.05) is 29.8 Å². The second-order valence-electron chi connectivity index (χ2n) is 3.39. The van der Waals surface area contributed by atoms with Crippen LogP contribution in [-0.4, -0.2) is 9.97 Å². The summed E-state index contributed by atoms with van der Waals surface area (Å²) in [4.78, 5) is 6.89. The van der Waals surface area contributed by atoms with Crippen LogP contribution in [0.3, 0.4) is 0 Å². The number of benzene rings is 1. The van der Waals surface area contributed by atoms with Gasteiger partial charge in [-0.3, -0.25) is 0 Å². The minimum Gasteiger partial charge on any atom is -0.218 e. The zero-order valence-electron chi connectivity index (χ0n) is 8.67. The van der Waals surface area contributed by atoms with Crippen LogP contribution in [0.15, 0.2) is 30.3 Å². The molecule has 0 unspecified atom stereocenters. The fourth-order valence-corrected chi connectivity index (χ4v) is 1.78. The van der Waals surface area contributed by atoms with Crippen LogP contribution in [0.1, 0.15) is 5.69 Å². The molecule has 2 aromatic rings. The summed E-state index contributed by atoms with van der Waals surface area (Å²) in [6.45, 7) is 0. The third kappa shape index (κ3) is 2.73. The van der Waals surface area contributed by atoms with Gasteiger partial charge in [-0.05, 0) is 23.7 Å². The topological polar surface area (TPSA) is 25.8 Å². The lowest BCUT2D eigenvalue weighted by atomic mass is 10.1. The quantitative estimate of drug-likeness (QED) is 0.725. The van der Waals surface area contributed by atoms with Crippen molar-refractivity contribution >= 4 is 23.2 Å². The van der Waals surface area contributed by atoms with Gasteiger partial charge in [-0.25, -0.2) is 9.97 Å². The van der Waals surface area contributed by atoms with Crippen LogP contribution in [0.4, 0.5) is 13.2 Å². The summed E-state index contributed by atoms with van der Waals surface area (Å²) in [7, 11) is 0. The van der Waals surface area contributed by atoms with E-state index in [4.69, 9.17) is 23.2 Å². The van der Waals surface area contributed by atoms with E-state index in [1.165, 1.54) is 0 Å². The Morgan fingerprint density at radius 1 is 1.00 bits per heavy atom. The monoisotopic (exact) mass is 292 g/mol. The first-order chi connectivity index (χ1) is 8.38. The molecule has 1 aromatic carbocycles. The summed E-state index contributed by atoms with van der Waals surface area (Å²) in [5.41, 5.74) is -0.695. The van der Waals surface area contributed by atoms with Crippen molar-refractivity contribution in [2.45, 2.75) is 6.18 Å². The number of hydrogen-bond donors (Lipinski definition) is 0. The lowest BCUT2D eigenvalue weighted by Gasteiger charge is -2.09. The van der Waals surface area contributed by atoms with Gasteiger partial charge in [0.2, 0.25) is 5.28 Å². The van der Waals surface area contributed by atoms with Gasteiger partial charge in [0.05, 0.1) is 5.69 Å². The van der Waals surface area contributed by atoms with Gasteiger partial charge in [0.15, 0.2) is 0 Å². The molecular formula is C11H5Cl2F3N2. The molecule has 0 aliphatic rings. The highest BCUT2D eigenvalue weighted by molar-refractivity contribution is 6.33. The molecular weight excluding hydrogens is 288 g/mol. The summed E-state index contributed by atoms with van der Waals surface area (Å²) in [6, 6.07) is 7.23. The minimum absolute atomic E-state index is 0.0351. The summed E-state index contributed by atoms with van der Waals surface area (Å²) in [6.07, 6.45) is -4.58. The average molecular weight is 293 g/mol. The Balaban J connectivity index is 2.60. The fraction of sp³-hybridized carbons (Fsp3) is 0.0909. The van der Waals surface area contributed by atoms with Crippen molar-refractivity contribution in [2.24, 2.45) is 0 Å². The molecule has 0 saturated heterocycles. The minimum atomic E-state index is -4.58. The van der Waals surface area contributed by atoms with Crippen molar-refractivity contribution in [3.05, 3.63) is 46.3 Å². The maximum atomic E-state index is 12.6. The van der Waals surface area contributed by atoms with Crippen molar-refractivity contribution in [2.75, 3.05) is 0 Å². The van der Waals surface area contributed by atoms with Gasteiger partial charge in [0.25, 0.3) is 0 Å². The Morgan fingerprint density at radius 2 is 1.67 bits per heavy atom. The van der Waals surface area contributed by atoms with Crippen molar-refractivity contribution in [1.82, 2.24) is 9.97 Å². The molecule has 94 valence electrons. The number of aromatic nitrogens is 2. The van der Waals surface area contributed by atoms with Gasteiger partial charge in [-0.15, -0.1) is 0 Å². The summed E-state index contributed by atoms with van der Waals surface area (Å²) >= 11 is 11.4. The van der Waals surface area contributed by atoms with E-state index in [0.717, 1.165) is 6.07 Å². The third-order valence-electron chi connectivity index (χ3n) is 2.14. The van der Waals surface area contributed by atoms with E-state index in [1.807, 2.05) is 0 Å². The fourth-order valence-electron chi connectivity index (χ4n) is 1.37. The molecule has 1 aromatic heterocycles. The summed E-state index contributed by atoms with van der Waals surface area (Å²) in [5.74, 6) is 0. The van der Waals surface area contributed by atoms with E-state index in [0.29, 0.717) is 10.6 Å². The SMILES string of the molecule is FC(F)(F)c1cc(-c2ccccc2Cl)nc(Cl)n1. The second-order valence-corrected chi connectivity index (χ2v) is 4.13. The first-order valence-electron chi connectivity index (χ1n) is 4.74. The van der Waals surface area contributed by atoms with E-state index in [1.54, 1.807) is 24.3 Å². The van der Waals surface area contributed by atoms with Crippen LogP contribution >= 0.6 is 23.2 Å². The molecule has 0 amide bonds. The molecule has 0 bridgehead atoms. The van der Waals surface area contributed by atoms with E-state index >= 15 is 0 Å². The molecule has 0 radical (unpaired) electrons. The molecule has 2 nitrogen and oxygen atoms in total. The normalized spacial score (nSPS) is 11.6. The summed E-state index contributed by atoms with van der Waals surface area (Å²) in [5, 5.41) is -0.180. The molecule has 0 aliphatic carbocycles. The molecule has 0 fully saturated rings. The standard InChI is InChI=1S/C11H5Cl2F3N2/c12-7-4-2-1-3-6(7)8-5-9(11(14,15)16)18-10(13)17-8/h1-5H. The Kier molecular flexibility index (Phi) is 3.45. The molecule has 1 heterocycles. The number of alkyl halides is 3. The molecule has 18 heavy (non-hydrogen) atoms. The van der Waals surface area contributed by atoms with Gasteiger partial charge in [0.1, 0.15) is 5.69 Å². The highest BCUT2D eigenvalue weighted by Gasteiger charge is 2.33. The lowest BCUT2D eigenvalue weighted by Crippen LogP contribution is -2.09. The number of rotatable bonds is 1. The molecule has 7 heteroatoms. The largest absolute Gasteiger partial charge is 0.433 e. The maximum absolute atomic E-state index is 12.6. The van der Waals surface area contributed by atoms with Gasteiger partial charge >= 0.3 is 6.18 Å². The predicted molar refractivity (Wildman–Crippen MR) is 62.5 cm³/mol. The molecule has 0 atom stereocenters. The zero-order valence-corrected chi connectivity index (χ0v) is 10.2. The molecule has 0 aliphatic heterocycles. The average Bonchev–Trinajstić information content (AvgIpc) is 2.27. The maximum Gasteiger partial charge on any atom is 0.433 e. The lowest BCUT2D eigenvalue weighted by molar-refractivity contribution is -0.141. The van der Waals surface area contributed by atoms with Crippen LogP contribution < -0.4 is 0 Å². The Hall–Kier alpha value is -1.33. The van der Waals surface area contributed by atoms with Gasteiger partial charge in [-0.2, -0.15) is 13.2 Å². The van der Waals surface area contributed by atoms with E-state index in [9.17, 15) is 13.2 Å². The number of nitrogens with zero attached hydrogens (tertiary/aromatic N) is 2. The zero-order chi connectivity index (χ0) is 13.3. The van der Waals surface area contributed by atoms with Crippen molar-refractivity contribution in [1.29, 1.82) is 0 Å². The molecule has 0 N–H and O–H groups in total. The Morgan fingerprint density at radius 3 is 2.28 bits per heavy atom. The van der Waals surface area contributed by atoms with Crippen LogP contribution in [0.2, 0.25) is 10.3 Å². The van der Waals surface area contributed by atoms with Crippen LogP contribution in [-0.2, 0) is 6.18 Å². The molecule has 0 saturated carbocycles. The van der Waals surface area contributed by atoms with Crippen LogP contribution in [0, 0.1) is 0 Å².